The first-order valence-corrected chi connectivity index (χ1v) is 28.4. The van der Waals surface area contributed by atoms with E-state index >= 15 is 0 Å². The molecule has 2 fully saturated rings. The molecule has 3 heterocycles. The van der Waals surface area contributed by atoms with E-state index in [0.29, 0.717) is 54.4 Å². The van der Waals surface area contributed by atoms with Crippen LogP contribution in [0.25, 0.3) is 11.5 Å². The topological polar surface area (TPSA) is 157 Å². The van der Waals surface area contributed by atoms with Crippen LogP contribution in [0.4, 0.5) is 30.8 Å². The molecule has 79 heavy (non-hydrogen) atoms. The highest BCUT2D eigenvalue weighted by Crippen LogP contribution is 2.37. The lowest BCUT2D eigenvalue weighted by atomic mass is 9.86. The van der Waals surface area contributed by atoms with Gasteiger partial charge in [-0.2, -0.15) is 5.10 Å². The number of rotatable bonds is 28. The van der Waals surface area contributed by atoms with Gasteiger partial charge in [0.05, 0.1) is 24.9 Å². The van der Waals surface area contributed by atoms with Crippen molar-refractivity contribution < 1.29 is 41.8 Å². The smallest absolute Gasteiger partial charge is 0.416 e. The minimum atomic E-state index is -2.89. The van der Waals surface area contributed by atoms with Gasteiger partial charge in [-0.15, -0.1) is 11.6 Å². The number of carbonyl (C=O) groups excluding carboxylic acids is 3. The summed E-state index contributed by atoms with van der Waals surface area (Å²) >= 11 is 5.93. The van der Waals surface area contributed by atoms with E-state index in [9.17, 15) is 23.2 Å². The molecular weight excluding hydrogens is 1030 g/mol. The quantitative estimate of drug-likeness (QED) is 0.0368. The van der Waals surface area contributed by atoms with Crippen LogP contribution in [0.5, 0.6) is 17.2 Å². The highest BCUT2D eigenvalue weighted by molar-refractivity contribution is 6.29. The summed E-state index contributed by atoms with van der Waals surface area (Å²) < 4.78 is 53.6. The maximum absolute atomic E-state index is 14.3. The fourth-order valence-electron chi connectivity index (χ4n) is 9.84. The lowest BCUT2D eigenvalue weighted by Crippen LogP contribution is -2.38. The number of ether oxygens (including phenoxy) is 3. The molecule has 0 saturated heterocycles. The molecule has 6 aromatic rings. The van der Waals surface area contributed by atoms with Crippen molar-refractivity contribution in [2.45, 2.75) is 135 Å². The second kappa shape index (κ2) is 28.3. The van der Waals surface area contributed by atoms with Crippen LogP contribution in [0.1, 0.15) is 145 Å². The molecule has 3 amide bonds. The first-order valence-electron chi connectivity index (χ1n) is 27.9. The first kappa shape index (κ1) is 58.3. The van der Waals surface area contributed by atoms with Gasteiger partial charge in [-0.25, -0.2) is 23.5 Å². The molecule has 0 atom stereocenters. The molecule has 0 radical (unpaired) electrons. The number of carbonyl (C=O) groups is 3. The Hall–Kier alpha value is -6.85. The molecule has 18 heteroatoms. The Morgan fingerprint density at radius 3 is 2.09 bits per heavy atom. The van der Waals surface area contributed by atoms with Gasteiger partial charge in [-0.3, -0.25) is 19.2 Å². The predicted molar refractivity (Wildman–Crippen MR) is 303 cm³/mol. The average molecular weight is 1110 g/mol. The third-order valence-electron chi connectivity index (χ3n) is 14.2. The number of anilines is 3. The minimum absolute atomic E-state index is 0.0472. The second-order valence-corrected chi connectivity index (χ2v) is 22.2. The highest BCUT2D eigenvalue weighted by atomic mass is 35.5. The number of aromatic nitrogens is 4. The van der Waals surface area contributed by atoms with Crippen molar-refractivity contribution in [3.05, 3.63) is 127 Å². The van der Waals surface area contributed by atoms with Gasteiger partial charge in [0.2, 0.25) is 11.8 Å². The van der Waals surface area contributed by atoms with E-state index in [0.717, 1.165) is 87.9 Å². The van der Waals surface area contributed by atoms with Crippen LogP contribution in [-0.2, 0) is 16.1 Å². The number of halogens is 3. The summed E-state index contributed by atoms with van der Waals surface area (Å²) in [6.45, 7) is 9.03. The molecule has 3 aromatic carbocycles. The number of alkyl halides is 3. The van der Waals surface area contributed by atoms with E-state index < -0.39 is 29.7 Å². The Labute approximate surface area is 468 Å². The van der Waals surface area contributed by atoms with E-state index in [-0.39, 0.29) is 35.1 Å². The Bertz CT molecular complexity index is 2870. The van der Waals surface area contributed by atoms with Gasteiger partial charge in [0.15, 0.2) is 11.4 Å². The van der Waals surface area contributed by atoms with Crippen LogP contribution in [0.2, 0.25) is 0 Å². The maximum Gasteiger partial charge on any atom is 0.416 e. The molecule has 8 rings (SSSR count). The van der Waals surface area contributed by atoms with Gasteiger partial charge in [-0.1, -0.05) is 68.9 Å². The third kappa shape index (κ3) is 17.8. The average Bonchev–Trinajstić information content (AvgIpc) is 4.02. The Morgan fingerprint density at radius 1 is 0.797 bits per heavy atom. The van der Waals surface area contributed by atoms with Gasteiger partial charge in [0.1, 0.15) is 40.8 Å². The number of unbranched alkanes of at least 4 members (excludes halogenated alkanes) is 7. The number of amides is 3. The zero-order chi connectivity index (χ0) is 55.7. The monoisotopic (exact) mass is 1100 g/mol. The van der Waals surface area contributed by atoms with Crippen LogP contribution in [0.15, 0.2) is 114 Å². The molecule has 2 saturated carbocycles. The van der Waals surface area contributed by atoms with E-state index in [2.05, 4.69) is 32.3 Å². The molecule has 1 N–H and O–H groups in total. The van der Waals surface area contributed by atoms with Gasteiger partial charge < -0.3 is 33.7 Å². The number of oxazole rings is 1. The molecule has 2 aliphatic rings. The van der Waals surface area contributed by atoms with Gasteiger partial charge >= 0.3 is 6.09 Å². The van der Waals surface area contributed by atoms with Crippen LogP contribution in [-0.4, -0.2) is 87.3 Å². The summed E-state index contributed by atoms with van der Waals surface area (Å²) in [7, 11) is 2.19. The molecule has 0 aliphatic heterocycles. The Balaban J connectivity index is 0.675. The van der Waals surface area contributed by atoms with Crippen molar-refractivity contribution in [2.75, 3.05) is 54.3 Å². The molecule has 3 aromatic heterocycles. The van der Waals surface area contributed by atoms with Crippen LogP contribution >= 0.6 is 11.6 Å². The summed E-state index contributed by atoms with van der Waals surface area (Å²) in [4.78, 5) is 53.5. The third-order valence-corrected chi connectivity index (χ3v) is 14.5. The highest BCUT2D eigenvalue weighted by Gasteiger charge is 2.32. The summed E-state index contributed by atoms with van der Waals surface area (Å²) in [6.07, 6.45) is 15.8. The van der Waals surface area contributed by atoms with Gasteiger partial charge in [0, 0.05) is 36.7 Å². The first-order chi connectivity index (χ1) is 38.2. The molecular formula is C61H75ClF2N8O7. The molecule has 0 unspecified atom stereocenters. The standard InChI is InChI=1S/C61H75ClF2N8O7/c1-61(2,3)79-60(75)71(40-45-18-19-45)54-36-46(32-33-65-54)59-67-53(42-77-59)58(74)66-52-41-72(68-56(52)57(63)64)48-22-20-44(21-23-48)38-69(4)34-14-9-7-5-6-8-10-15-35-76-49-28-30-51(31-29-49)78-50-26-24-47(25-27-50)70(55(73)37-62)39-43-16-12-11-13-17-43/h11-13,16-17,24-33,36,41-42,44-45,48,57H,5-10,14-15,18-23,34-35,37-40H2,1-4H3,(H,66,74)/t44-,48-. The van der Waals surface area contributed by atoms with Crippen LogP contribution in [0.3, 0.4) is 0 Å². The van der Waals surface area contributed by atoms with E-state index in [1.54, 1.807) is 42.5 Å². The minimum Gasteiger partial charge on any atom is -0.494 e. The maximum atomic E-state index is 14.3. The van der Waals surface area contributed by atoms with E-state index in [1.807, 2.05) is 78.9 Å². The van der Waals surface area contributed by atoms with Gasteiger partial charge in [0.25, 0.3) is 12.3 Å². The summed E-state index contributed by atoms with van der Waals surface area (Å²) in [5, 5.41) is 6.86. The van der Waals surface area contributed by atoms with Crippen LogP contribution in [0, 0.1) is 11.8 Å². The fourth-order valence-corrected chi connectivity index (χ4v) is 9.98. The number of nitrogens with one attached hydrogen (secondary N) is 1. The number of hydrogen-bond acceptors (Lipinski definition) is 11. The van der Waals surface area contributed by atoms with Crippen molar-refractivity contribution in [3.8, 4) is 28.7 Å². The molecule has 15 nitrogen and oxygen atoms in total. The SMILES string of the molecule is CN(CCCCCCCCCCOc1ccc(Oc2ccc(N(Cc3ccccc3)C(=O)CCl)cc2)cc1)C[C@H]1CC[C@H](n2cc(NC(=O)c3coc(-c4ccnc(N(CC5CC5)C(=O)OC(C)(C)C)c4)n3)c(C(F)F)n2)CC1. The van der Waals surface area contributed by atoms with Crippen molar-refractivity contribution in [2.24, 2.45) is 11.8 Å². The predicted octanol–water partition coefficient (Wildman–Crippen LogP) is 14.7. The Morgan fingerprint density at radius 2 is 1.43 bits per heavy atom. The van der Waals surface area contributed by atoms with Gasteiger partial charge in [-0.05, 0) is 164 Å². The second-order valence-electron chi connectivity index (χ2n) is 21.9. The fraction of sp³-hybridized carbons (Fsp3) is 0.475. The summed E-state index contributed by atoms with van der Waals surface area (Å²) in [6, 6.07) is 28.1. The van der Waals surface area contributed by atoms with Crippen molar-refractivity contribution >= 4 is 46.7 Å². The number of benzene rings is 3. The zero-order valence-electron chi connectivity index (χ0n) is 46.0. The largest absolute Gasteiger partial charge is 0.494 e. The lowest BCUT2D eigenvalue weighted by molar-refractivity contribution is -0.116. The molecule has 2 aliphatic carbocycles. The number of hydrogen-bond donors (Lipinski definition) is 1. The van der Waals surface area contributed by atoms with E-state index in [4.69, 9.17) is 30.2 Å². The lowest BCUT2D eigenvalue weighted by Gasteiger charge is -2.31. The van der Waals surface area contributed by atoms with Crippen molar-refractivity contribution in [1.82, 2.24) is 24.6 Å². The normalized spacial score (nSPS) is 15.5. The number of pyridine rings is 1. The summed E-state index contributed by atoms with van der Waals surface area (Å²) in [5.74, 6) is 2.55. The molecule has 422 valence electrons. The van der Waals surface area contributed by atoms with Crippen molar-refractivity contribution in [3.63, 3.8) is 0 Å². The van der Waals surface area contributed by atoms with Crippen LogP contribution < -0.4 is 24.6 Å². The van der Waals surface area contributed by atoms with E-state index in [1.165, 1.54) is 55.7 Å². The molecule has 0 bridgehead atoms. The zero-order valence-corrected chi connectivity index (χ0v) is 46.7. The number of nitrogens with zero attached hydrogens (tertiary/aromatic N) is 7. The molecule has 0 spiro atoms. The summed E-state index contributed by atoms with van der Waals surface area (Å²) in [5.41, 5.74) is 0.918. The van der Waals surface area contributed by atoms with Crippen molar-refractivity contribution in [1.29, 1.82) is 0 Å². The Kier molecular flexibility index (Phi) is 20.9.